The van der Waals surface area contributed by atoms with Crippen LogP contribution in [0, 0.1) is 5.92 Å². The first-order valence-corrected chi connectivity index (χ1v) is 7.52. The highest BCUT2D eigenvalue weighted by Crippen LogP contribution is 2.28. The summed E-state index contributed by atoms with van der Waals surface area (Å²) in [7, 11) is 1.94. The second-order valence-electron chi connectivity index (χ2n) is 5.60. The van der Waals surface area contributed by atoms with E-state index in [2.05, 4.69) is 42.6 Å². The zero-order chi connectivity index (χ0) is 14.1. The molecule has 1 atom stereocenters. The third-order valence-corrected chi connectivity index (χ3v) is 3.35. The molecule has 1 aromatic heterocycles. The van der Waals surface area contributed by atoms with E-state index in [1.807, 2.05) is 7.05 Å². The summed E-state index contributed by atoms with van der Waals surface area (Å²) >= 11 is 0. The monoisotopic (exact) mass is 267 g/mol. The van der Waals surface area contributed by atoms with Crippen molar-refractivity contribution in [2.45, 2.75) is 52.4 Å². The first kappa shape index (κ1) is 16.0. The van der Waals surface area contributed by atoms with Gasteiger partial charge in [0.25, 0.3) is 0 Å². The fraction of sp³-hybridized carbons (Fsp3) is 0.800. The van der Waals surface area contributed by atoms with E-state index >= 15 is 0 Å². The molecule has 110 valence electrons. The van der Waals surface area contributed by atoms with Crippen molar-refractivity contribution in [2.24, 2.45) is 5.92 Å². The van der Waals surface area contributed by atoms with Gasteiger partial charge < -0.3 is 15.2 Å². The zero-order valence-electron chi connectivity index (χ0n) is 12.8. The normalized spacial score (nSPS) is 12.9. The average molecular weight is 267 g/mol. The fourth-order valence-corrected chi connectivity index (χ4v) is 2.20. The lowest BCUT2D eigenvalue weighted by Gasteiger charge is -2.14. The second kappa shape index (κ2) is 8.97. The summed E-state index contributed by atoms with van der Waals surface area (Å²) in [6.07, 6.45) is 4.83. The van der Waals surface area contributed by atoms with Crippen LogP contribution in [-0.4, -0.2) is 25.3 Å². The van der Waals surface area contributed by atoms with Crippen molar-refractivity contribution in [3.05, 3.63) is 11.8 Å². The molecule has 19 heavy (non-hydrogen) atoms. The van der Waals surface area contributed by atoms with E-state index in [1.54, 1.807) is 0 Å². The van der Waals surface area contributed by atoms with Crippen LogP contribution in [0.5, 0.6) is 0 Å². The average Bonchev–Trinajstić information content (AvgIpc) is 2.83. The maximum absolute atomic E-state index is 5.36. The summed E-state index contributed by atoms with van der Waals surface area (Å²) in [4.78, 5) is 0. The van der Waals surface area contributed by atoms with Gasteiger partial charge in [-0.05, 0) is 25.8 Å². The Morgan fingerprint density at radius 3 is 2.63 bits per heavy atom. The van der Waals surface area contributed by atoms with Gasteiger partial charge in [-0.15, -0.1) is 0 Å². The van der Waals surface area contributed by atoms with Crippen LogP contribution in [0.1, 0.15) is 58.1 Å². The van der Waals surface area contributed by atoms with Crippen LogP contribution in [0.3, 0.4) is 0 Å². The molecule has 4 heteroatoms. The van der Waals surface area contributed by atoms with E-state index in [9.17, 15) is 0 Å². The van der Waals surface area contributed by atoms with E-state index in [4.69, 9.17) is 4.52 Å². The standard InChI is InChI=1S/C15H29N3O/c1-5-6-13(8-7-12(2)3)14-11-15(19-18-14)17-10-9-16-4/h11-13,16-17H,5-10H2,1-4H3. The number of hydrogen-bond acceptors (Lipinski definition) is 4. The molecule has 0 fully saturated rings. The van der Waals surface area contributed by atoms with Gasteiger partial charge in [0, 0.05) is 25.1 Å². The Bertz CT molecular complexity index is 336. The molecule has 0 radical (unpaired) electrons. The Balaban J connectivity index is 2.53. The van der Waals surface area contributed by atoms with Crippen molar-refractivity contribution in [1.29, 1.82) is 0 Å². The number of aromatic nitrogens is 1. The van der Waals surface area contributed by atoms with Crippen LogP contribution in [0.4, 0.5) is 5.88 Å². The molecule has 0 saturated carbocycles. The van der Waals surface area contributed by atoms with Gasteiger partial charge in [-0.3, -0.25) is 0 Å². The minimum Gasteiger partial charge on any atom is -0.353 e. The Labute approximate surface area is 117 Å². The Hall–Kier alpha value is -1.03. The Morgan fingerprint density at radius 2 is 2.00 bits per heavy atom. The molecule has 0 aliphatic heterocycles. The third kappa shape index (κ3) is 6.10. The topological polar surface area (TPSA) is 50.1 Å². The van der Waals surface area contributed by atoms with Gasteiger partial charge in [-0.2, -0.15) is 0 Å². The number of hydrogen-bond donors (Lipinski definition) is 2. The second-order valence-corrected chi connectivity index (χ2v) is 5.60. The van der Waals surface area contributed by atoms with Crippen LogP contribution >= 0.6 is 0 Å². The molecule has 1 rings (SSSR count). The van der Waals surface area contributed by atoms with Gasteiger partial charge in [0.15, 0.2) is 0 Å². The number of nitrogens with one attached hydrogen (secondary N) is 2. The molecule has 0 aliphatic rings. The molecule has 0 spiro atoms. The predicted octanol–water partition coefficient (Wildman–Crippen LogP) is 3.63. The molecule has 1 unspecified atom stereocenters. The largest absolute Gasteiger partial charge is 0.353 e. The van der Waals surface area contributed by atoms with Crippen molar-refractivity contribution in [1.82, 2.24) is 10.5 Å². The molecule has 0 bridgehead atoms. The highest BCUT2D eigenvalue weighted by molar-refractivity contribution is 5.32. The van der Waals surface area contributed by atoms with Crippen molar-refractivity contribution < 1.29 is 4.52 Å². The SMILES string of the molecule is CCCC(CCC(C)C)c1cc(NCCNC)on1. The summed E-state index contributed by atoms with van der Waals surface area (Å²) < 4.78 is 5.36. The lowest BCUT2D eigenvalue weighted by molar-refractivity contribution is 0.399. The molecule has 1 aromatic rings. The predicted molar refractivity (Wildman–Crippen MR) is 80.6 cm³/mol. The zero-order valence-corrected chi connectivity index (χ0v) is 12.8. The van der Waals surface area contributed by atoms with Gasteiger partial charge >= 0.3 is 0 Å². The summed E-state index contributed by atoms with van der Waals surface area (Å²) in [5.74, 6) is 2.08. The minimum absolute atomic E-state index is 0.538. The summed E-state index contributed by atoms with van der Waals surface area (Å²) in [5, 5.41) is 10.6. The smallest absolute Gasteiger partial charge is 0.224 e. The number of nitrogens with zero attached hydrogens (tertiary/aromatic N) is 1. The molecule has 0 amide bonds. The van der Waals surface area contributed by atoms with Gasteiger partial charge in [-0.1, -0.05) is 38.8 Å². The van der Waals surface area contributed by atoms with Gasteiger partial charge in [0.2, 0.25) is 5.88 Å². The van der Waals surface area contributed by atoms with Crippen LogP contribution in [0.25, 0.3) is 0 Å². The van der Waals surface area contributed by atoms with Crippen molar-refractivity contribution in [2.75, 3.05) is 25.5 Å². The molecule has 0 saturated heterocycles. The fourth-order valence-electron chi connectivity index (χ4n) is 2.20. The summed E-state index contributed by atoms with van der Waals surface area (Å²) in [6.45, 7) is 8.55. The van der Waals surface area contributed by atoms with E-state index < -0.39 is 0 Å². The summed E-state index contributed by atoms with van der Waals surface area (Å²) in [5.41, 5.74) is 1.11. The number of anilines is 1. The van der Waals surface area contributed by atoms with Gasteiger partial charge in [0.05, 0.1) is 5.69 Å². The van der Waals surface area contributed by atoms with E-state index in [0.717, 1.165) is 30.6 Å². The molecule has 4 nitrogen and oxygen atoms in total. The molecular formula is C15H29N3O. The van der Waals surface area contributed by atoms with Crippen molar-refractivity contribution in [3.8, 4) is 0 Å². The summed E-state index contributed by atoms with van der Waals surface area (Å²) in [6, 6.07) is 2.07. The van der Waals surface area contributed by atoms with E-state index in [-0.39, 0.29) is 0 Å². The molecule has 0 aromatic carbocycles. The number of likely N-dealkylation sites (N-methyl/N-ethyl adjacent to an activating group) is 1. The quantitative estimate of drug-likeness (QED) is 0.636. The van der Waals surface area contributed by atoms with Crippen LogP contribution in [0.15, 0.2) is 10.6 Å². The third-order valence-electron chi connectivity index (χ3n) is 3.35. The molecule has 1 heterocycles. The lowest BCUT2D eigenvalue weighted by Crippen LogP contribution is -2.17. The lowest BCUT2D eigenvalue weighted by atomic mass is 9.91. The van der Waals surface area contributed by atoms with E-state index in [1.165, 1.54) is 25.7 Å². The minimum atomic E-state index is 0.538. The maximum atomic E-state index is 5.36. The molecule has 2 N–H and O–H groups in total. The Kier molecular flexibility index (Phi) is 7.56. The van der Waals surface area contributed by atoms with Gasteiger partial charge in [-0.25, -0.2) is 0 Å². The van der Waals surface area contributed by atoms with Crippen LogP contribution in [-0.2, 0) is 0 Å². The first-order chi connectivity index (χ1) is 9.17. The molecule has 0 aliphatic carbocycles. The first-order valence-electron chi connectivity index (χ1n) is 7.52. The highest BCUT2D eigenvalue weighted by atomic mass is 16.5. The van der Waals surface area contributed by atoms with Crippen LogP contribution < -0.4 is 10.6 Å². The highest BCUT2D eigenvalue weighted by Gasteiger charge is 2.16. The van der Waals surface area contributed by atoms with Crippen molar-refractivity contribution >= 4 is 5.88 Å². The number of rotatable bonds is 10. The van der Waals surface area contributed by atoms with Crippen molar-refractivity contribution in [3.63, 3.8) is 0 Å². The van der Waals surface area contributed by atoms with E-state index in [0.29, 0.717) is 5.92 Å². The molecular weight excluding hydrogens is 238 g/mol. The Morgan fingerprint density at radius 1 is 1.21 bits per heavy atom. The van der Waals surface area contributed by atoms with Crippen LogP contribution in [0.2, 0.25) is 0 Å². The van der Waals surface area contributed by atoms with Gasteiger partial charge in [0.1, 0.15) is 0 Å². The maximum Gasteiger partial charge on any atom is 0.224 e.